The first-order valence-corrected chi connectivity index (χ1v) is 18.4. The summed E-state index contributed by atoms with van der Waals surface area (Å²) >= 11 is 0. The topological polar surface area (TPSA) is 60.6 Å². The highest BCUT2D eigenvalue weighted by Crippen LogP contribution is 2.38. The second-order valence-electron chi connectivity index (χ2n) is 13.3. The van der Waals surface area contributed by atoms with E-state index in [1.165, 1.54) is 5.69 Å². The van der Waals surface area contributed by atoms with Gasteiger partial charge in [0, 0.05) is 63.1 Å². The zero-order valence-corrected chi connectivity index (χ0v) is 29.8. The minimum atomic E-state index is 0.905. The van der Waals surface area contributed by atoms with Crippen LogP contribution in [0.15, 0.2) is 140 Å². The molecule has 8 bridgehead atoms. The van der Waals surface area contributed by atoms with E-state index in [-0.39, 0.29) is 0 Å². The molecule has 0 fully saturated rings. The summed E-state index contributed by atoms with van der Waals surface area (Å²) in [5.74, 6) is 0. The van der Waals surface area contributed by atoms with E-state index in [2.05, 4.69) is 193 Å². The van der Waals surface area contributed by atoms with E-state index < -0.39 is 0 Å². The SMILES string of the molecule is CCN(CC)c1ccc(-c2c3nc(c(-c4ccccc4)c4ccc([nH]4)c(-c4ccccc4)c4nc(c(-c5ccccc5)c5ccc2[nH]5)C=C4)C=C3)cc1. The summed E-state index contributed by atoms with van der Waals surface area (Å²) in [6.45, 7) is 6.31. The predicted octanol–water partition coefficient (Wildman–Crippen LogP) is 12.2. The van der Waals surface area contributed by atoms with Gasteiger partial charge in [0.25, 0.3) is 0 Å². The normalized spacial score (nSPS) is 12.0. The lowest BCUT2D eigenvalue weighted by Gasteiger charge is -2.21. The second kappa shape index (κ2) is 13.8. The number of fused-ring (bicyclic) bond motifs is 8. The molecule has 0 aliphatic carbocycles. The van der Waals surface area contributed by atoms with Gasteiger partial charge in [0.15, 0.2) is 0 Å². The predicted molar refractivity (Wildman–Crippen MR) is 224 cm³/mol. The highest BCUT2D eigenvalue weighted by Gasteiger charge is 2.19. The summed E-state index contributed by atoms with van der Waals surface area (Å²) in [6.07, 6.45) is 8.59. The monoisotopic (exact) mass is 685 g/mol. The Kier molecular flexibility index (Phi) is 8.37. The maximum atomic E-state index is 5.43. The number of hydrogen-bond donors (Lipinski definition) is 2. The van der Waals surface area contributed by atoms with Crippen molar-refractivity contribution in [2.75, 3.05) is 18.0 Å². The van der Waals surface area contributed by atoms with Crippen molar-refractivity contribution in [2.45, 2.75) is 13.8 Å². The number of nitrogens with zero attached hydrogens (tertiary/aromatic N) is 3. The highest BCUT2D eigenvalue weighted by molar-refractivity contribution is 5.99. The Morgan fingerprint density at radius 1 is 0.377 bits per heavy atom. The van der Waals surface area contributed by atoms with Crippen molar-refractivity contribution in [1.82, 2.24) is 19.9 Å². The number of aromatic nitrogens is 4. The third-order valence-electron chi connectivity index (χ3n) is 10.2. The first-order valence-electron chi connectivity index (χ1n) is 18.4. The number of nitrogens with one attached hydrogen (secondary N) is 2. The lowest BCUT2D eigenvalue weighted by Crippen LogP contribution is -2.21. The fourth-order valence-electron chi connectivity index (χ4n) is 7.66. The van der Waals surface area contributed by atoms with Gasteiger partial charge in [-0.25, -0.2) is 9.97 Å². The summed E-state index contributed by atoms with van der Waals surface area (Å²) < 4.78 is 0. The van der Waals surface area contributed by atoms with E-state index in [9.17, 15) is 0 Å². The number of rotatable bonds is 7. The second-order valence-corrected chi connectivity index (χ2v) is 13.3. The van der Waals surface area contributed by atoms with Gasteiger partial charge >= 0.3 is 0 Å². The molecule has 3 aromatic heterocycles. The first kappa shape index (κ1) is 32.2. The number of benzene rings is 4. The van der Waals surface area contributed by atoms with Crippen LogP contribution in [0, 0.1) is 0 Å². The number of aromatic amines is 2. The van der Waals surface area contributed by atoms with Gasteiger partial charge in [-0.1, -0.05) is 103 Å². The molecule has 53 heavy (non-hydrogen) atoms. The molecule has 0 saturated heterocycles. The average Bonchev–Trinajstić information content (AvgIpc) is 4.05. The smallest absolute Gasteiger partial charge is 0.0737 e. The van der Waals surface area contributed by atoms with E-state index in [0.29, 0.717) is 0 Å². The average molecular weight is 686 g/mol. The quantitative estimate of drug-likeness (QED) is 0.176. The number of anilines is 1. The molecule has 4 aromatic carbocycles. The molecule has 2 aliphatic rings. The molecule has 256 valence electrons. The van der Waals surface area contributed by atoms with E-state index in [1.54, 1.807) is 0 Å². The molecule has 9 rings (SSSR count). The van der Waals surface area contributed by atoms with E-state index in [0.717, 1.165) is 102 Å². The zero-order valence-electron chi connectivity index (χ0n) is 29.8. The Labute approximate surface area is 309 Å². The van der Waals surface area contributed by atoms with E-state index in [1.807, 2.05) is 0 Å². The van der Waals surface area contributed by atoms with Crippen molar-refractivity contribution in [3.8, 4) is 44.5 Å². The number of hydrogen-bond acceptors (Lipinski definition) is 3. The van der Waals surface area contributed by atoms with Gasteiger partial charge in [-0.3, -0.25) is 0 Å². The Morgan fingerprint density at radius 2 is 0.679 bits per heavy atom. The van der Waals surface area contributed by atoms with Gasteiger partial charge in [0.05, 0.1) is 22.8 Å². The van der Waals surface area contributed by atoms with Crippen LogP contribution in [0.5, 0.6) is 0 Å². The van der Waals surface area contributed by atoms with Crippen molar-refractivity contribution < 1.29 is 0 Å². The third kappa shape index (κ3) is 5.96. The van der Waals surface area contributed by atoms with Gasteiger partial charge in [0.1, 0.15) is 0 Å². The van der Waals surface area contributed by atoms with E-state index in [4.69, 9.17) is 9.97 Å². The molecule has 0 saturated carbocycles. The molecular weight excluding hydrogens is 647 g/mol. The molecule has 2 aliphatic heterocycles. The van der Waals surface area contributed by atoms with Crippen molar-refractivity contribution in [1.29, 1.82) is 0 Å². The number of H-pyrrole nitrogens is 2. The largest absolute Gasteiger partial charge is 0.372 e. The van der Waals surface area contributed by atoms with Crippen LogP contribution in [0.25, 0.3) is 90.9 Å². The van der Waals surface area contributed by atoms with Crippen molar-refractivity contribution in [3.05, 3.63) is 162 Å². The Morgan fingerprint density at radius 3 is 0.981 bits per heavy atom. The fraction of sp³-hybridized carbons (Fsp3) is 0.0833. The molecule has 0 spiro atoms. The van der Waals surface area contributed by atoms with Crippen LogP contribution < -0.4 is 4.90 Å². The van der Waals surface area contributed by atoms with Gasteiger partial charge in [-0.15, -0.1) is 0 Å². The van der Waals surface area contributed by atoms with Gasteiger partial charge in [-0.2, -0.15) is 0 Å². The van der Waals surface area contributed by atoms with Crippen LogP contribution >= 0.6 is 0 Å². The molecule has 2 N–H and O–H groups in total. The Balaban J connectivity index is 1.43. The van der Waals surface area contributed by atoms with Crippen LogP contribution in [0.1, 0.15) is 36.6 Å². The van der Waals surface area contributed by atoms with Crippen molar-refractivity contribution in [3.63, 3.8) is 0 Å². The molecular formula is C48H39N5. The summed E-state index contributed by atoms with van der Waals surface area (Å²) in [5.41, 5.74) is 17.4. The molecule has 5 nitrogen and oxygen atoms in total. The molecule has 0 amide bonds. The standard InChI is InChI=1S/C48H39N5/c1-3-53(4-2)36-22-20-35(21-23-36)48-43-30-28-41(51-43)46(33-16-10-6-11-17-33)39-26-24-37(49-39)45(32-14-8-5-9-15-32)38-25-27-40(50-38)47(34-18-12-7-13-19-34)42-29-31-44(48)52-42/h5-31,49,52H,3-4H2,1-2H3. The summed E-state index contributed by atoms with van der Waals surface area (Å²) in [4.78, 5) is 20.9. The molecule has 5 heterocycles. The van der Waals surface area contributed by atoms with Gasteiger partial charge in [0.2, 0.25) is 0 Å². The molecule has 5 heteroatoms. The molecule has 0 radical (unpaired) electrons. The lowest BCUT2D eigenvalue weighted by molar-refractivity contribution is 0.866. The van der Waals surface area contributed by atoms with Gasteiger partial charge < -0.3 is 14.9 Å². The van der Waals surface area contributed by atoms with Crippen LogP contribution in [0.3, 0.4) is 0 Å². The maximum absolute atomic E-state index is 5.43. The minimum Gasteiger partial charge on any atom is -0.372 e. The maximum Gasteiger partial charge on any atom is 0.0737 e. The first-order chi connectivity index (χ1) is 26.2. The van der Waals surface area contributed by atoms with Crippen LogP contribution in [0.4, 0.5) is 5.69 Å². The molecule has 7 aromatic rings. The summed E-state index contributed by atoms with van der Waals surface area (Å²) in [6, 6.07) is 49.2. The van der Waals surface area contributed by atoms with Crippen LogP contribution in [-0.4, -0.2) is 33.0 Å². The van der Waals surface area contributed by atoms with Gasteiger partial charge in [-0.05, 0) is 96.8 Å². The minimum absolute atomic E-state index is 0.905. The summed E-state index contributed by atoms with van der Waals surface area (Å²) in [5, 5.41) is 0. The molecule has 0 unspecified atom stereocenters. The third-order valence-corrected chi connectivity index (χ3v) is 10.2. The molecule has 0 atom stereocenters. The van der Waals surface area contributed by atoms with Crippen LogP contribution in [-0.2, 0) is 0 Å². The lowest BCUT2D eigenvalue weighted by atomic mass is 10.0. The Hall–Kier alpha value is -6.72. The fourth-order valence-corrected chi connectivity index (χ4v) is 7.66. The van der Waals surface area contributed by atoms with Crippen molar-refractivity contribution in [2.24, 2.45) is 0 Å². The highest BCUT2D eigenvalue weighted by atomic mass is 15.1. The van der Waals surface area contributed by atoms with E-state index >= 15 is 0 Å². The summed E-state index contributed by atoms with van der Waals surface area (Å²) in [7, 11) is 0. The zero-order chi connectivity index (χ0) is 35.7. The Bertz CT molecular complexity index is 2620. The van der Waals surface area contributed by atoms with Crippen molar-refractivity contribution >= 4 is 52.1 Å². The van der Waals surface area contributed by atoms with Crippen LogP contribution in [0.2, 0.25) is 0 Å².